The number of hydrogen-bond donors (Lipinski definition) is 1. The van der Waals surface area contributed by atoms with Crippen LogP contribution in [0.2, 0.25) is 0 Å². The molecule has 0 atom stereocenters. The standard InChI is InChI=1S/C20H28N2O2S/c23-19(15-25-18-10-9-16-6-4-7-17(16)14-18)21-11-5-13-22-12-3-1-2-8-20(22)24/h9-10,14H,1-8,11-13,15H2,(H,21,23). The summed E-state index contributed by atoms with van der Waals surface area (Å²) >= 11 is 1.61. The lowest BCUT2D eigenvalue weighted by Gasteiger charge is -2.20. The third kappa shape index (κ3) is 5.50. The van der Waals surface area contributed by atoms with Crippen LogP contribution in [0.15, 0.2) is 23.1 Å². The molecule has 2 amide bonds. The summed E-state index contributed by atoms with van der Waals surface area (Å²) in [4.78, 5) is 27.1. The van der Waals surface area contributed by atoms with Gasteiger partial charge in [0.2, 0.25) is 11.8 Å². The molecule has 1 heterocycles. The van der Waals surface area contributed by atoms with Crippen molar-refractivity contribution in [1.82, 2.24) is 10.2 Å². The molecular weight excluding hydrogens is 332 g/mol. The van der Waals surface area contributed by atoms with E-state index in [1.54, 1.807) is 11.8 Å². The summed E-state index contributed by atoms with van der Waals surface area (Å²) in [5.41, 5.74) is 2.92. The predicted octanol–water partition coefficient (Wildman–Crippen LogP) is 3.18. The maximum atomic E-state index is 12.0. The van der Waals surface area contributed by atoms with Gasteiger partial charge in [0.15, 0.2) is 0 Å². The summed E-state index contributed by atoms with van der Waals surface area (Å²) in [6.07, 6.45) is 8.42. The lowest BCUT2D eigenvalue weighted by Crippen LogP contribution is -2.34. The van der Waals surface area contributed by atoms with E-state index in [0.717, 1.165) is 38.8 Å². The van der Waals surface area contributed by atoms with Gasteiger partial charge in [-0.2, -0.15) is 0 Å². The number of rotatable bonds is 7. The smallest absolute Gasteiger partial charge is 0.230 e. The van der Waals surface area contributed by atoms with Crippen LogP contribution in [0.4, 0.5) is 0 Å². The van der Waals surface area contributed by atoms with Gasteiger partial charge < -0.3 is 10.2 Å². The van der Waals surface area contributed by atoms with E-state index in [1.165, 1.54) is 35.3 Å². The number of amides is 2. The molecule has 0 unspecified atom stereocenters. The number of carbonyl (C=O) groups is 2. The van der Waals surface area contributed by atoms with Crippen LogP contribution >= 0.6 is 11.8 Å². The first-order chi connectivity index (χ1) is 12.2. The summed E-state index contributed by atoms with van der Waals surface area (Å²) in [6.45, 7) is 2.28. The summed E-state index contributed by atoms with van der Waals surface area (Å²) < 4.78 is 0. The average molecular weight is 361 g/mol. The Morgan fingerprint density at radius 3 is 2.88 bits per heavy atom. The zero-order valence-corrected chi connectivity index (χ0v) is 15.7. The van der Waals surface area contributed by atoms with Crippen molar-refractivity contribution in [2.24, 2.45) is 0 Å². The molecule has 1 aromatic rings. The van der Waals surface area contributed by atoms with Crippen molar-refractivity contribution in [3.8, 4) is 0 Å². The van der Waals surface area contributed by atoms with Crippen molar-refractivity contribution in [3.05, 3.63) is 29.3 Å². The van der Waals surface area contributed by atoms with Crippen molar-refractivity contribution in [3.63, 3.8) is 0 Å². The minimum atomic E-state index is 0.0766. The van der Waals surface area contributed by atoms with E-state index < -0.39 is 0 Å². The van der Waals surface area contributed by atoms with Crippen molar-refractivity contribution >= 4 is 23.6 Å². The minimum absolute atomic E-state index is 0.0766. The second-order valence-corrected chi connectivity index (χ2v) is 8.02. The Hall–Kier alpha value is -1.49. The van der Waals surface area contributed by atoms with Crippen LogP contribution in [0, 0.1) is 0 Å². The molecule has 3 rings (SSSR count). The van der Waals surface area contributed by atoms with Gasteiger partial charge in [-0.05, 0) is 61.8 Å². The van der Waals surface area contributed by atoms with Gasteiger partial charge in [0.05, 0.1) is 5.75 Å². The molecule has 1 fully saturated rings. The van der Waals surface area contributed by atoms with Gasteiger partial charge in [-0.3, -0.25) is 9.59 Å². The van der Waals surface area contributed by atoms with Crippen LogP contribution in [0.25, 0.3) is 0 Å². The largest absolute Gasteiger partial charge is 0.355 e. The number of likely N-dealkylation sites (tertiary alicyclic amines) is 1. The number of nitrogens with zero attached hydrogens (tertiary/aromatic N) is 1. The fraction of sp³-hybridized carbons (Fsp3) is 0.600. The van der Waals surface area contributed by atoms with Gasteiger partial charge in [0, 0.05) is 31.0 Å². The van der Waals surface area contributed by atoms with Crippen LogP contribution in [0.5, 0.6) is 0 Å². The number of nitrogens with one attached hydrogen (secondary N) is 1. The Morgan fingerprint density at radius 1 is 1.08 bits per heavy atom. The topological polar surface area (TPSA) is 49.4 Å². The first-order valence-electron chi connectivity index (χ1n) is 9.51. The molecule has 1 aromatic carbocycles. The van der Waals surface area contributed by atoms with E-state index in [9.17, 15) is 9.59 Å². The van der Waals surface area contributed by atoms with E-state index in [-0.39, 0.29) is 11.8 Å². The van der Waals surface area contributed by atoms with Crippen LogP contribution in [-0.2, 0) is 22.4 Å². The molecule has 136 valence electrons. The number of carbonyl (C=O) groups excluding carboxylic acids is 2. The normalized spacial score (nSPS) is 17.3. The molecule has 0 radical (unpaired) electrons. The van der Waals surface area contributed by atoms with Crippen molar-refractivity contribution in [2.75, 3.05) is 25.4 Å². The van der Waals surface area contributed by atoms with E-state index in [4.69, 9.17) is 0 Å². The molecule has 0 spiro atoms. The Balaban J connectivity index is 1.32. The van der Waals surface area contributed by atoms with Crippen molar-refractivity contribution < 1.29 is 9.59 Å². The molecule has 0 bridgehead atoms. The second kappa shape index (κ2) is 9.27. The number of benzene rings is 1. The molecule has 25 heavy (non-hydrogen) atoms. The van der Waals surface area contributed by atoms with Crippen molar-refractivity contribution in [1.29, 1.82) is 0 Å². The molecule has 4 nitrogen and oxygen atoms in total. The summed E-state index contributed by atoms with van der Waals surface area (Å²) in [5.74, 6) is 0.810. The molecular formula is C20H28N2O2S. The SMILES string of the molecule is O=C(CSc1ccc2c(c1)CCC2)NCCCN1CCCCCC1=O. The second-order valence-electron chi connectivity index (χ2n) is 6.97. The molecule has 2 aliphatic rings. The molecule has 1 N–H and O–H groups in total. The number of hydrogen-bond acceptors (Lipinski definition) is 3. The fourth-order valence-corrected chi connectivity index (χ4v) is 4.40. The fourth-order valence-electron chi connectivity index (χ4n) is 3.61. The highest BCUT2D eigenvalue weighted by Gasteiger charge is 2.16. The Kier molecular flexibility index (Phi) is 6.79. The number of aryl methyl sites for hydroxylation is 2. The number of fused-ring (bicyclic) bond motifs is 1. The van der Waals surface area contributed by atoms with E-state index in [1.807, 2.05) is 4.90 Å². The highest BCUT2D eigenvalue weighted by Crippen LogP contribution is 2.27. The first-order valence-corrected chi connectivity index (χ1v) is 10.5. The Labute approximate surface area is 154 Å². The number of thioether (sulfide) groups is 1. The maximum absolute atomic E-state index is 12.0. The summed E-state index contributed by atoms with van der Waals surface area (Å²) in [6, 6.07) is 6.58. The lowest BCUT2D eigenvalue weighted by atomic mass is 10.1. The van der Waals surface area contributed by atoms with Gasteiger partial charge >= 0.3 is 0 Å². The molecule has 1 saturated heterocycles. The van der Waals surface area contributed by atoms with Crippen LogP contribution in [-0.4, -0.2) is 42.1 Å². The van der Waals surface area contributed by atoms with Gasteiger partial charge in [-0.15, -0.1) is 11.8 Å². The highest BCUT2D eigenvalue weighted by molar-refractivity contribution is 8.00. The van der Waals surface area contributed by atoms with Crippen LogP contribution in [0.1, 0.15) is 49.7 Å². The Morgan fingerprint density at radius 2 is 1.96 bits per heavy atom. The lowest BCUT2D eigenvalue weighted by molar-refractivity contribution is -0.130. The minimum Gasteiger partial charge on any atom is -0.355 e. The monoisotopic (exact) mass is 360 g/mol. The van der Waals surface area contributed by atoms with Crippen LogP contribution in [0.3, 0.4) is 0 Å². The molecule has 5 heteroatoms. The molecule has 0 aromatic heterocycles. The van der Waals surface area contributed by atoms with Crippen molar-refractivity contribution in [2.45, 2.75) is 56.3 Å². The van der Waals surface area contributed by atoms with E-state index in [0.29, 0.717) is 18.7 Å². The van der Waals surface area contributed by atoms with E-state index in [2.05, 4.69) is 23.5 Å². The third-order valence-corrected chi connectivity index (χ3v) is 6.03. The summed E-state index contributed by atoms with van der Waals surface area (Å²) in [5, 5.41) is 2.98. The predicted molar refractivity (Wildman–Crippen MR) is 102 cm³/mol. The molecule has 1 aliphatic carbocycles. The summed E-state index contributed by atoms with van der Waals surface area (Å²) in [7, 11) is 0. The Bertz CT molecular complexity index is 618. The quantitative estimate of drug-likeness (QED) is 0.600. The highest BCUT2D eigenvalue weighted by atomic mass is 32.2. The van der Waals surface area contributed by atoms with Gasteiger partial charge in [-0.25, -0.2) is 0 Å². The first kappa shape index (κ1) is 18.3. The van der Waals surface area contributed by atoms with E-state index >= 15 is 0 Å². The third-order valence-electron chi connectivity index (χ3n) is 5.04. The molecule has 1 aliphatic heterocycles. The zero-order chi connectivity index (χ0) is 17.5. The van der Waals surface area contributed by atoms with Crippen LogP contribution < -0.4 is 5.32 Å². The van der Waals surface area contributed by atoms with Gasteiger partial charge in [-0.1, -0.05) is 12.5 Å². The maximum Gasteiger partial charge on any atom is 0.230 e. The molecule has 0 saturated carbocycles. The zero-order valence-electron chi connectivity index (χ0n) is 14.9. The average Bonchev–Trinajstić information content (AvgIpc) is 2.99. The van der Waals surface area contributed by atoms with Gasteiger partial charge in [0.25, 0.3) is 0 Å². The van der Waals surface area contributed by atoms with Gasteiger partial charge in [0.1, 0.15) is 0 Å².